The van der Waals surface area contributed by atoms with Gasteiger partial charge in [0.15, 0.2) is 11.3 Å². The summed E-state index contributed by atoms with van der Waals surface area (Å²) in [6, 6.07) is 12.0. The number of fused-ring (bicyclic) bond motifs is 1. The molecule has 0 aliphatic carbocycles. The Morgan fingerprint density at radius 3 is 2.53 bits per heavy atom. The Hall–Kier alpha value is -3.88. The van der Waals surface area contributed by atoms with E-state index in [-0.39, 0.29) is 28.0 Å². The van der Waals surface area contributed by atoms with Crippen molar-refractivity contribution in [2.24, 2.45) is 0 Å². The van der Waals surface area contributed by atoms with Crippen LogP contribution < -0.4 is 15.3 Å². The number of anilines is 1. The second-order valence-electron chi connectivity index (χ2n) is 7.53. The summed E-state index contributed by atoms with van der Waals surface area (Å²) < 4.78 is 10.4. The zero-order valence-corrected chi connectivity index (χ0v) is 17.9. The highest BCUT2D eigenvalue weighted by Crippen LogP contribution is 2.31. The molecule has 3 aromatic rings. The van der Waals surface area contributed by atoms with E-state index in [9.17, 15) is 19.7 Å². The summed E-state index contributed by atoms with van der Waals surface area (Å²) in [7, 11) is 1.33. The van der Waals surface area contributed by atoms with Gasteiger partial charge in [0.25, 0.3) is 11.6 Å². The first kappa shape index (κ1) is 21.4. The lowest BCUT2D eigenvalue weighted by Gasteiger charge is -2.36. The van der Waals surface area contributed by atoms with E-state index in [2.05, 4.69) is 24.0 Å². The largest absolute Gasteiger partial charge is 0.493 e. The first-order valence-corrected chi connectivity index (χ1v) is 10.3. The van der Waals surface area contributed by atoms with E-state index >= 15 is 0 Å². The monoisotopic (exact) mass is 437 g/mol. The van der Waals surface area contributed by atoms with Gasteiger partial charge < -0.3 is 19.0 Å². The third kappa shape index (κ3) is 3.89. The molecule has 1 aliphatic rings. The van der Waals surface area contributed by atoms with Gasteiger partial charge in [-0.1, -0.05) is 25.1 Å². The lowest BCUT2D eigenvalue weighted by Crippen LogP contribution is -2.49. The number of hydrogen-bond acceptors (Lipinski definition) is 7. The van der Waals surface area contributed by atoms with Crippen molar-refractivity contribution in [1.82, 2.24) is 4.90 Å². The van der Waals surface area contributed by atoms with Gasteiger partial charge in [0.1, 0.15) is 5.56 Å². The van der Waals surface area contributed by atoms with Crippen molar-refractivity contribution in [3.63, 3.8) is 0 Å². The maximum Gasteiger partial charge on any atom is 0.349 e. The van der Waals surface area contributed by atoms with Gasteiger partial charge in [-0.05, 0) is 24.1 Å². The minimum absolute atomic E-state index is 0.0634. The SMILES string of the molecule is CCc1ccccc1N1CCN(C(=O)c2cc3cc([N+](=O)[O-])cc(OC)c3oc2=O)CC1. The molecule has 0 atom stereocenters. The molecule has 9 nitrogen and oxygen atoms in total. The number of nitrogens with zero attached hydrogens (tertiary/aromatic N) is 3. The molecule has 166 valence electrons. The van der Waals surface area contributed by atoms with Crippen molar-refractivity contribution >= 4 is 28.3 Å². The Morgan fingerprint density at radius 2 is 1.88 bits per heavy atom. The zero-order valence-electron chi connectivity index (χ0n) is 17.9. The molecule has 0 unspecified atom stereocenters. The number of rotatable bonds is 5. The number of benzene rings is 2. The molecular weight excluding hydrogens is 414 g/mol. The number of hydrogen-bond donors (Lipinski definition) is 0. The molecule has 32 heavy (non-hydrogen) atoms. The second kappa shape index (κ2) is 8.70. The number of carbonyl (C=O) groups excluding carboxylic acids is 1. The molecule has 1 aromatic heterocycles. The normalized spacial score (nSPS) is 13.9. The lowest BCUT2D eigenvalue weighted by atomic mass is 10.1. The number of methoxy groups -OCH3 is 1. The minimum Gasteiger partial charge on any atom is -0.493 e. The smallest absolute Gasteiger partial charge is 0.349 e. The van der Waals surface area contributed by atoms with E-state index in [0.29, 0.717) is 26.2 Å². The molecule has 1 amide bonds. The molecule has 4 rings (SSSR count). The molecule has 0 spiro atoms. The van der Waals surface area contributed by atoms with Gasteiger partial charge >= 0.3 is 5.63 Å². The predicted molar refractivity (Wildman–Crippen MR) is 120 cm³/mol. The van der Waals surface area contributed by atoms with Gasteiger partial charge in [-0.2, -0.15) is 0 Å². The summed E-state index contributed by atoms with van der Waals surface area (Å²) in [6.07, 6.45) is 0.920. The molecule has 0 saturated carbocycles. The fourth-order valence-electron chi connectivity index (χ4n) is 4.03. The number of carbonyl (C=O) groups is 1. The predicted octanol–water partition coefficient (Wildman–Crippen LogP) is 3.23. The number of amides is 1. The molecule has 1 fully saturated rings. The van der Waals surface area contributed by atoms with Crippen LogP contribution in [0.2, 0.25) is 0 Å². The van der Waals surface area contributed by atoms with E-state index in [0.717, 1.165) is 12.1 Å². The average molecular weight is 437 g/mol. The number of nitro benzene ring substituents is 1. The minimum atomic E-state index is -0.798. The van der Waals surface area contributed by atoms with Gasteiger partial charge in [-0.25, -0.2) is 4.79 Å². The molecule has 9 heteroatoms. The molecule has 0 bridgehead atoms. The third-order valence-corrected chi connectivity index (χ3v) is 5.72. The van der Waals surface area contributed by atoms with Gasteiger partial charge in [-0.15, -0.1) is 0 Å². The summed E-state index contributed by atoms with van der Waals surface area (Å²) >= 11 is 0. The highest BCUT2D eigenvalue weighted by molar-refractivity contribution is 5.98. The summed E-state index contributed by atoms with van der Waals surface area (Å²) in [5.41, 5.74) is 1.31. The highest BCUT2D eigenvalue weighted by atomic mass is 16.6. The molecule has 0 radical (unpaired) electrons. The van der Waals surface area contributed by atoms with Crippen LogP contribution in [0.1, 0.15) is 22.8 Å². The van der Waals surface area contributed by atoms with Gasteiger partial charge in [0.05, 0.1) is 18.1 Å². The first-order valence-electron chi connectivity index (χ1n) is 10.3. The topological polar surface area (TPSA) is 106 Å². The van der Waals surface area contributed by atoms with Gasteiger partial charge in [0.2, 0.25) is 0 Å². The quantitative estimate of drug-likeness (QED) is 0.343. The van der Waals surface area contributed by atoms with Gasteiger partial charge in [0, 0.05) is 43.3 Å². The molecule has 2 heterocycles. The van der Waals surface area contributed by atoms with Crippen LogP contribution >= 0.6 is 0 Å². The van der Waals surface area contributed by atoms with E-state index in [4.69, 9.17) is 9.15 Å². The van der Waals surface area contributed by atoms with Crippen LogP contribution in [0.25, 0.3) is 11.0 Å². The second-order valence-corrected chi connectivity index (χ2v) is 7.53. The number of aryl methyl sites for hydroxylation is 1. The van der Waals surface area contributed by atoms with Crippen molar-refractivity contribution in [2.75, 3.05) is 38.2 Å². The van der Waals surface area contributed by atoms with Crippen LogP contribution in [0.5, 0.6) is 5.75 Å². The first-order chi connectivity index (χ1) is 15.4. The van der Waals surface area contributed by atoms with E-state index < -0.39 is 16.5 Å². The van der Waals surface area contributed by atoms with Crippen molar-refractivity contribution in [3.8, 4) is 5.75 Å². The van der Waals surface area contributed by atoms with Crippen LogP contribution in [-0.4, -0.2) is 49.0 Å². The molecule has 2 aromatic carbocycles. The summed E-state index contributed by atoms with van der Waals surface area (Å²) in [4.78, 5) is 40.1. The molecule has 1 aliphatic heterocycles. The maximum atomic E-state index is 13.1. The van der Waals surface area contributed by atoms with Crippen molar-refractivity contribution in [3.05, 3.63) is 74.1 Å². The van der Waals surface area contributed by atoms with Crippen LogP contribution in [-0.2, 0) is 6.42 Å². The molecule has 1 saturated heterocycles. The summed E-state index contributed by atoms with van der Waals surface area (Å²) in [6.45, 7) is 4.29. The van der Waals surface area contributed by atoms with E-state index in [1.165, 1.54) is 30.9 Å². The molecular formula is C23H23N3O6. The number of nitro groups is 1. The van der Waals surface area contributed by atoms with Crippen LogP contribution in [0.4, 0.5) is 11.4 Å². The Bertz CT molecular complexity index is 1240. The number of piperazine rings is 1. The maximum absolute atomic E-state index is 13.1. The van der Waals surface area contributed by atoms with Crippen molar-refractivity contribution in [2.45, 2.75) is 13.3 Å². The number of non-ortho nitro benzene ring substituents is 1. The van der Waals surface area contributed by atoms with Crippen molar-refractivity contribution < 1.29 is 18.9 Å². The Balaban J connectivity index is 1.60. The van der Waals surface area contributed by atoms with Gasteiger partial charge in [-0.3, -0.25) is 14.9 Å². The van der Waals surface area contributed by atoms with E-state index in [1.807, 2.05) is 12.1 Å². The van der Waals surface area contributed by atoms with Crippen LogP contribution in [0.3, 0.4) is 0 Å². The van der Waals surface area contributed by atoms with Crippen LogP contribution in [0.15, 0.2) is 51.7 Å². The molecule has 0 N–H and O–H groups in total. The van der Waals surface area contributed by atoms with Crippen LogP contribution in [0, 0.1) is 10.1 Å². The summed E-state index contributed by atoms with van der Waals surface area (Å²) in [5.74, 6) is -0.386. The standard InChI is InChI=1S/C23H23N3O6/c1-3-15-6-4-5-7-19(15)24-8-10-25(11-9-24)22(27)18-13-16-12-17(26(29)30)14-20(31-2)21(16)32-23(18)28/h4-7,12-14H,3,8-11H2,1-2H3. The van der Waals surface area contributed by atoms with Crippen molar-refractivity contribution in [1.29, 1.82) is 0 Å². The fourth-order valence-corrected chi connectivity index (χ4v) is 4.03. The highest BCUT2D eigenvalue weighted by Gasteiger charge is 2.26. The number of para-hydroxylation sites is 1. The zero-order chi connectivity index (χ0) is 22.8. The fraction of sp³-hybridized carbons (Fsp3) is 0.304. The average Bonchev–Trinajstić information content (AvgIpc) is 2.82. The Kier molecular flexibility index (Phi) is 5.81. The third-order valence-electron chi connectivity index (χ3n) is 5.72. The Morgan fingerprint density at radius 1 is 1.16 bits per heavy atom. The summed E-state index contributed by atoms with van der Waals surface area (Å²) in [5, 5.41) is 11.5. The lowest BCUT2D eigenvalue weighted by molar-refractivity contribution is -0.384. The number of ether oxygens (including phenoxy) is 1. The van der Waals surface area contributed by atoms with E-state index in [1.54, 1.807) is 4.90 Å². The Labute approximate surface area is 183 Å².